The first-order valence-corrected chi connectivity index (χ1v) is 13.0. The molecule has 0 unspecified atom stereocenters. The van der Waals surface area contributed by atoms with Gasteiger partial charge in [0.1, 0.15) is 23.2 Å². The van der Waals surface area contributed by atoms with Gasteiger partial charge >= 0.3 is 0 Å². The first kappa shape index (κ1) is 20.7. The lowest BCUT2D eigenvalue weighted by atomic mass is 10.4. The van der Waals surface area contributed by atoms with Crippen LogP contribution in [0.3, 0.4) is 0 Å². The Morgan fingerprint density at radius 1 is 0.600 bits per heavy atom. The van der Waals surface area contributed by atoms with Gasteiger partial charge in [0.15, 0.2) is 0 Å². The summed E-state index contributed by atoms with van der Waals surface area (Å²) in [6, 6.07) is 43.8. The molecule has 4 aromatic rings. The number of thioether (sulfide) groups is 1. The summed E-state index contributed by atoms with van der Waals surface area (Å²) in [5.41, 5.74) is 0. The highest BCUT2D eigenvalue weighted by Gasteiger charge is 2.44. The fourth-order valence-electron chi connectivity index (χ4n) is 3.79. The van der Waals surface area contributed by atoms with Crippen molar-refractivity contribution < 1.29 is 0 Å². The summed E-state index contributed by atoms with van der Waals surface area (Å²) >= 11 is 1.85. The van der Waals surface area contributed by atoms with Gasteiger partial charge in [-0.3, -0.25) is 0 Å². The second kappa shape index (κ2) is 9.94. The zero-order valence-electron chi connectivity index (χ0n) is 17.2. The Morgan fingerprint density at radius 2 is 0.967 bits per heavy atom. The average molecular weight is 426 g/mol. The van der Waals surface area contributed by atoms with E-state index in [9.17, 15) is 0 Å². The Labute approximate surface area is 185 Å². The average Bonchev–Trinajstić information content (AvgIpc) is 2.82. The Balaban J connectivity index is 1.82. The van der Waals surface area contributed by atoms with Gasteiger partial charge < -0.3 is 0 Å². The second-order valence-corrected chi connectivity index (χ2v) is 12.1. The molecule has 0 saturated carbocycles. The molecule has 0 fully saturated rings. The standard InChI is InChI=1S/C28H26PS/c1-24(30-28-20-12-5-13-21-28)22-23-29(25-14-6-2-7-15-25,26-16-8-3-9-17-26)27-18-10-4-11-19-27/h2-22H,23H2,1H3/q+1/b24-22-. The molecule has 2 heteroatoms. The van der Waals surface area contributed by atoms with Gasteiger partial charge in [-0.15, -0.1) is 0 Å². The van der Waals surface area contributed by atoms with E-state index < -0.39 is 7.26 Å². The number of benzene rings is 4. The van der Waals surface area contributed by atoms with Crippen LogP contribution in [0, 0.1) is 0 Å². The third-order valence-corrected chi connectivity index (χ3v) is 10.5. The van der Waals surface area contributed by atoms with E-state index in [0.717, 1.165) is 6.16 Å². The smallest absolute Gasteiger partial charge is 0.0950 e. The lowest BCUT2D eigenvalue weighted by Crippen LogP contribution is -2.32. The van der Waals surface area contributed by atoms with Gasteiger partial charge in [-0.05, 0) is 66.4 Å². The molecule has 0 aromatic heterocycles. The van der Waals surface area contributed by atoms with Crippen molar-refractivity contribution in [3.05, 3.63) is 132 Å². The molecule has 148 valence electrons. The minimum Gasteiger partial charge on any atom is -0.0950 e. The fraction of sp³-hybridized carbons (Fsp3) is 0.0714. The molecule has 0 amide bonds. The lowest BCUT2D eigenvalue weighted by molar-refractivity contribution is 1.46. The molecule has 0 bridgehead atoms. The summed E-state index contributed by atoms with van der Waals surface area (Å²) in [4.78, 5) is 2.63. The van der Waals surface area contributed by atoms with Crippen molar-refractivity contribution in [2.45, 2.75) is 11.8 Å². The van der Waals surface area contributed by atoms with Crippen molar-refractivity contribution >= 4 is 34.9 Å². The molecule has 0 aliphatic carbocycles. The molecule has 4 rings (SSSR count). The number of rotatable bonds is 7. The van der Waals surface area contributed by atoms with E-state index in [1.54, 1.807) is 0 Å². The number of hydrogen-bond acceptors (Lipinski definition) is 1. The molecule has 0 nitrogen and oxygen atoms in total. The maximum absolute atomic E-state index is 2.44. The van der Waals surface area contributed by atoms with Gasteiger partial charge in [-0.25, -0.2) is 0 Å². The van der Waals surface area contributed by atoms with Crippen LogP contribution in [0.2, 0.25) is 0 Å². The highest BCUT2D eigenvalue weighted by atomic mass is 32.2. The van der Waals surface area contributed by atoms with E-state index in [1.807, 2.05) is 11.8 Å². The maximum atomic E-state index is 2.44. The number of allylic oxidation sites excluding steroid dienone is 2. The minimum atomic E-state index is -1.80. The van der Waals surface area contributed by atoms with Crippen LogP contribution in [0.15, 0.2) is 137 Å². The van der Waals surface area contributed by atoms with Crippen LogP contribution in [0.1, 0.15) is 6.92 Å². The summed E-state index contributed by atoms with van der Waals surface area (Å²) < 4.78 is 0. The molecule has 0 atom stereocenters. The highest BCUT2D eigenvalue weighted by molar-refractivity contribution is 8.03. The van der Waals surface area contributed by atoms with Crippen molar-refractivity contribution in [3.8, 4) is 0 Å². The Hall–Kier alpha value is -2.60. The van der Waals surface area contributed by atoms with E-state index in [4.69, 9.17) is 0 Å². The summed E-state index contributed by atoms with van der Waals surface area (Å²) in [7, 11) is -1.80. The normalized spacial score (nSPS) is 12.0. The van der Waals surface area contributed by atoms with Crippen molar-refractivity contribution in [1.29, 1.82) is 0 Å². The molecule has 0 spiro atoms. The third kappa shape index (κ3) is 4.59. The first-order valence-electron chi connectivity index (χ1n) is 10.2. The molecule has 0 aliphatic heterocycles. The minimum absolute atomic E-state index is 1.01. The summed E-state index contributed by atoms with van der Waals surface area (Å²) in [5, 5.41) is 4.28. The monoisotopic (exact) mass is 425 g/mol. The zero-order valence-corrected chi connectivity index (χ0v) is 18.9. The van der Waals surface area contributed by atoms with Gasteiger partial charge in [-0.2, -0.15) is 0 Å². The molecule has 4 aromatic carbocycles. The Bertz CT molecular complexity index is 978. The van der Waals surface area contributed by atoms with Crippen molar-refractivity contribution in [2.24, 2.45) is 0 Å². The third-order valence-electron chi connectivity index (χ3n) is 5.27. The summed E-state index contributed by atoms with van der Waals surface area (Å²) in [5.74, 6) is 0. The molecule has 0 aliphatic rings. The van der Waals surface area contributed by atoms with Crippen LogP contribution in [-0.2, 0) is 0 Å². The second-order valence-electron chi connectivity index (χ2n) is 7.23. The molecule has 0 radical (unpaired) electrons. The molecule has 0 saturated heterocycles. The molecular weight excluding hydrogens is 399 g/mol. The molecule has 0 N–H and O–H groups in total. The lowest BCUT2D eigenvalue weighted by Gasteiger charge is -2.26. The molecular formula is C28H26PS+. The van der Waals surface area contributed by atoms with E-state index in [1.165, 1.54) is 25.7 Å². The SMILES string of the molecule is C/C(=C/C[P+](c1ccccc1)(c1ccccc1)c1ccccc1)Sc1ccccc1. The first-order chi connectivity index (χ1) is 14.8. The van der Waals surface area contributed by atoms with E-state index >= 15 is 0 Å². The van der Waals surface area contributed by atoms with Crippen LogP contribution >= 0.6 is 19.0 Å². The van der Waals surface area contributed by atoms with Crippen LogP contribution in [-0.4, -0.2) is 6.16 Å². The maximum Gasteiger partial charge on any atom is 0.116 e. The Morgan fingerprint density at radius 3 is 1.37 bits per heavy atom. The van der Waals surface area contributed by atoms with E-state index in [-0.39, 0.29) is 0 Å². The van der Waals surface area contributed by atoms with E-state index in [2.05, 4.69) is 134 Å². The van der Waals surface area contributed by atoms with Crippen molar-refractivity contribution in [1.82, 2.24) is 0 Å². The molecule has 0 heterocycles. The van der Waals surface area contributed by atoms with Crippen LogP contribution in [0.4, 0.5) is 0 Å². The van der Waals surface area contributed by atoms with Crippen molar-refractivity contribution in [3.63, 3.8) is 0 Å². The van der Waals surface area contributed by atoms with Gasteiger partial charge in [0.2, 0.25) is 0 Å². The van der Waals surface area contributed by atoms with Gasteiger partial charge in [0.25, 0.3) is 0 Å². The highest BCUT2D eigenvalue weighted by Crippen LogP contribution is 2.55. The van der Waals surface area contributed by atoms with Crippen molar-refractivity contribution in [2.75, 3.05) is 6.16 Å². The predicted molar refractivity (Wildman–Crippen MR) is 136 cm³/mol. The van der Waals surface area contributed by atoms with Crippen LogP contribution in [0.25, 0.3) is 0 Å². The van der Waals surface area contributed by atoms with Gasteiger partial charge in [0, 0.05) is 4.90 Å². The van der Waals surface area contributed by atoms with Gasteiger partial charge in [-0.1, -0.05) is 84.6 Å². The van der Waals surface area contributed by atoms with E-state index in [0.29, 0.717) is 0 Å². The topological polar surface area (TPSA) is 0 Å². The zero-order chi connectivity index (χ0) is 20.7. The van der Waals surface area contributed by atoms with Gasteiger partial charge in [0.05, 0.1) is 6.16 Å². The summed E-state index contributed by atoms with van der Waals surface area (Å²) in [6.07, 6.45) is 3.45. The largest absolute Gasteiger partial charge is 0.116 e. The fourth-order valence-corrected chi connectivity index (χ4v) is 8.87. The summed E-state index contributed by atoms with van der Waals surface area (Å²) in [6.45, 7) is 2.23. The van der Waals surface area contributed by atoms with Crippen LogP contribution in [0.5, 0.6) is 0 Å². The predicted octanol–water partition coefficient (Wildman–Crippen LogP) is 6.68. The molecule has 30 heavy (non-hydrogen) atoms. The number of hydrogen-bond donors (Lipinski definition) is 0. The quantitative estimate of drug-likeness (QED) is 0.235. The van der Waals surface area contributed by atoms with Crippen LogP contribution < -0.4 is 15.9 Å². The Kier molecular flexibility index (Phi) is 6.84.